The van der Waals surface area contributed by atoms with Crippen molar-refractivity contribution in [1.29, 1.82) is 0 Å². The first-order valence-corrected chi connectivity index (χ1v) is 13.6. The molecule has 1 fully saturated rings. The zero-order valence-electron chi connectivity index (χ0n) is 19.8. The van der Waals surface area contributed by atoms with Crippen LogP contribution in [0.1, 0.15) is 5.69 Å². The molecule has 0 spiro atoms. The summed E-state index contributed by atoms with van der Waals surface area (Å²) in [6.07, 6.45) is 5.99. The molecule has 1 saturated heterocycles. The smallest absolute Gasteiger partial charge is 0.258 e. The highest BCUT2D eigenvalue weighted by molar-refractivity contribution is 7.88. The lowest BCUT2D eigenvalue weighted by Crippen LogP contribution is -2.53. The summed E-state index contributed by atoms with van der Waals surface area (Å²) in [6.45, 7) is 4.55. The number of nitrogens with zero attached hydrogens (tertiary/aromatic N) is 5. The molecule has 0 bridgehead atoms. The van der Waals surface area contributed by atoms with E-state index in [9.17, 15) is 13.2 Å². The van der Waals surface area contributed by atoms with E-state index in [2.05, 4.69) is 25.0 Å². The molecule has 0 aliphatic carbocycles. The van der Waals surface area contributed by atoms with E-state index in [-0.39, 0.29) is 12.2 Å². The number of ether oxygens (including phenoxy) is 1. The maximum Gasteiger partial charge on any atom is 0.258 e. The molecule has 0 saturated carbocycles. The lowest BCUT2D eigenvalue weighted by Gasteiger charge is -2.34. The van der Waals surface area contributed by atoms with E-state index in [4.69, 9.17) is 16.3 Å². The van der Waals surface area contributed by atoms with Crippen molar-refractivity contribution in [1.82, 2.24) is 29.3 Å². The molecule has 36 heavy (non-hydrogen) atoms. The Morgan fingerprint density at radius 3 is 2.50 bits per heavy atom. The van der Waals surface area contributed by atoms with Crippen molar-refractivity contribution in [3.63, 3.8) is 0 Å². The number of hydrazine groups is 1. The molecule has 0 aromatic carbocycles. The van der Waals surface area contributed by atoms with Crippen LogP contribution in [0.25, 0.3) is 5.69 Å². The van der Waals surface area contributed by atoms with Crippen LogP contribution in [-0.4, -0.2) is 78.4 Å². The number of piperazine rings is 1. The van der Waals surface area contributed by atoms with Crippen LogP contribution >= 0.6 is 11.6 Å². The number of rotatable bonds is 10. The summed E-state index contributed by atoms with van der Waals surface area (Å²) in [5.41, 5.74) is 1.12. The third-order valence-electron chi connectivity index (χ3n) is 5.49. The molecule has 0 amide bonds. The summed E-state index contributed by atoms with van der Waals surface area (Å²) < 4.78 is 29.8. The van der Waals surface area contributed by atoms with Gasteiger partial charge in [-0.15, -0.1) is 4.83 Å². The normalized spacial score (nSPS) is 15.1. The van der Waals surface area contributed by atoms with Crippen LogP contribution in [0.2, 0.25) is 5.02 Å². The second-order valence-electron chi connectivity index (χ2n) is 8.35. The van der Waals surface area contributed by atoms with Crippen LogP contribution in [0.4, 0.5) is 5.82 Å². The van der Waals surface area contributed by atoms with Crippen LogP contribution in [0.5, 0.6) is 5.75 Å². The van der Waals surface area contributed by atoms with Gasteiger partial charge in [0.2, 0.25) is 10.0 Å². The van der Waals surface area contributed by atoms with Crippen LogP contribution in [0.15, 0.2) is 59.8 Å². The number of pyridine rings is 3. The highest BCUT2D eigenvalue weighted by Gasteiger charge is 2.18. The predicted molar refractivity (Wildman–Crippen MR) is 138 cm³/mol. The molecule has 3 aromatic rings. The van der Waals surface area contributed by atoms with Gasteiger partial charge in [0.15, 0.2) is 0 Å². The molecule has 11 nitrogen and oxygen atoms in total. The first-order chi connectivity index (χ1) is 17.2. The number of nitrogens with one attached hydrogen (secondary N) is 2. The van der Waals surface area contributed by atoms with Gasteiger partial charge in [-0.25, -0.2) is 18.4 Å². The average molecular weight is 534 g/mol. The Morgan fingerprint density at radius 1 is 1.06 bits per heavy atom. The molecule has 0 radical (unpaired) electrons. The largest absolute Gasteiger partial charge is 0.487 e. The fraction of sp³-hybridized carbons (Fsp3) is 0.348. The van der Waals surface area contributed by atoms with Crippen LogP contribution < -0.4 is 20.4 Å². The van der Waals surface area contributed by atoms with Gasteiger partial charge in [0.25, 0.3) is 5.56 Å². The van der Waals surface area contributed by atoms with Crippen molar-refractivity contribution < 1.29 is 13.2 Å². The minimum atomic E-state index is -3.23. The third-order valence-corrected chi connectivity index (χ3v) is 6.31. The van der Waals surface area contributed by atoms with Crippen LogP contribution in [0, 0.1) is 0 Å². The molecule has 0 atom stereocenters. The van der Waals surface area contributed by atoms with E-state index in [0.717, 1.165) is 25.9 Å². The Bertz CT molecular complexity index is 1310. The Labute approximate surface area is 214 Å². The standard InChI is InChI=1S/C23H28ClN7O4S/c1-36(33,34)28-30-12-10-29(11-13-30)9-7-25-22-5-4-20(16-27-22)31-8-6-21(14-23(31)32)35-17-19-3-2-18(24)15-26-19/h2-6,8,14-16,28H,7,9-13,17H2,1H3,(H,25,27). The van der Waals surface area contributed by atoms with E-state index in [1.807, 2.05) is 12.1 Å². The van der Waals surface area contributed by atoms with Gasteiger partial charge < -0.3 is 10.1 Å². The lowest BCUT2D eigenvalue weighted by molar-refractivity contribution is 0.119. The summed E-state index contributed by atoms with van der Waals surface area (Å²) in [4.78, 5) is 25.9. The molecule has 13 heteroatoms. The minimum absolute atomic E-state index is 0.232. The Hall–Kier alpha value is -3.03. The van der Waals surface area contributed by atoms with Crippen molar-refractivity contribution in [3.05, 3.63) is 76.1 Å². The number of anilines is 1. The first-order valence-electron chi connectivity index (χ1n) is 11.4. The van der Waals surface area contributed by atoms with Gasteiger partial charge in [-0.3, -0.25) is 19.2 Å². The van der Waals surface area contributed by atoms with Crippen LogP contribution in [0.3, 0.4) is 0 Å². The Morgan fingerprint density at radius 2 is 1.86 bits per heavy atom. The predicted octanol–water partition coefficient (Wildman–Crippen LogP) is 1.35. The molecule has 1 aliphatic rings. The fourth-order valence-electron chi connectivity index (χ4n) is 3.69. The van der Waals surface area contributed by atoms with Crippen LogP contribution in [-0.2, 0) is 16.6 Å². The summed E-state index contributed by atoms with van der Waals surface area (Å²) in [7, 11) is -3.23. The second kappa shape index (κ2) is 11.8. The van der Waals surface area contributed by atoms with Gasteiger partial charge >= 0.3 is 0 Å². The molecule has 3 aromatic heterocycles. The molecule has 2 N–H and O–H groups in total. The Balaban J connectivity index is 1.24. The van der Waals surface area contributed by atoms with Gasteiger partial charge in [-0.2, -0.15) is 0 Å². The topological polar surface area (TPSA) is 122 Å². The highest BCUT2D eigenvalue weighted by Crippen LogP contribution is 2.13. The number of hydrogen-bond acceptors (Lipinski definition) is 9. The van der Waals surface area contributed by atoms with E-state index in [0.29, 0.717) is 47.6 Å². The summed E-state index contributed by atoms with van der Waals surface area (Å²) in [5.74, 6) is 1.16. The zero-order valence-corrected chi connectivity index (χ0v) is 21.4. The van der Waals surface area contributed by atoms with Crippen molar-refractivity contribution in [2.24, 2.45) is 0 Å². The number of hydrogen-bond donors (Lipinski definition) is 2. The quantitative estimate of drug-likeness (QED) is 0.397. The SMILES string of the molecule is CS(=O)(=O)NN1CCN(CCNc2ccc(-n3ccc(OCc4ccc(Cl)cn4)cc3=O)cn2)CC1. The second-order valence-corrected chi connectivity index (χ2v) is 10.5. The zero-order chi connectivity index (χ0) is 25.5. The molecular weight excluding hydrogens is 506 g/mol. The first kappa shape index (κ1) is 26.0. The summed E-state index contributed by atoms with van der Waals surface area (Å²) in [5, 5.41) is 5.55. The number of sulfonamides is 1. The van der Waals surface area contributed by atoms with Crippen molar-refractivity contribution >= 4 is 27.4 Å². The molecular formula is C23H28ClN7O4S. The van der Waals surface area contributed by atoms with E-state index < -0.39 is 10.0 Å². The number of halogens is 1. The fourth-order valence-corrected chi connectivity index (χ4v) is 4.45. The molecule has 0 unspecified atom stereocenters. The maximum absolute atomic E-state index is 12.6. The summed E-state index contributed by atoms with van der Waals surface area (Å²) in [6, 6.07) is 10.3. The van der Waals surface area contributed by atoms with Gasteiger partial charge in [0.05, 0.1) is 28.9 Å². The lowest BCUT2D eigenvalue weighted by atomic mass is 10.3. The molecule has 1 aliphatic heterocycles. The van der Waals surface area contributed by atoms with Gasteiger partial charge in [-0.1, -0.05) is 11.6 Å². The van der Waals surface area contributed by atoms with Gasteiger partial charge in [0, 0.05) is 57.7 Å². The Kier molecular flexibility index (Phi) is 8.54. The highest BCUT2D eigenvalue weighted by atomic mass is 35.5. The van der Waals surface area contributed by atoms with E-state index in [1.54, 1.807) is 41.8 Å². The molecule has 192 valence electrons. The maximum atomic E-state index is 12.6. The van der Waals surface area contributed by atoms with Gasteiger partial charge in [-0.05, 0) is 30.3 Å². The monoisotopic (exact) mass is 533 g/mol. The van der Waals surface area contributed by atoms with E-state index >= 15 is 0 Å². The third kappa shape index (κ3) is 7.73. The molecule has 4 heterocycles. The van der Waals surface area contributed by atoms with Crippen molar-refractivity contribution in [3.8, 4) is 11.4 Å². The average Bonchev–Trinajstić information content (AvgIpc) is 2.84. The van der Waals surface area contributed by atoms with Crippen molar-refractivity contribution in [2.75, 3.05) is 50.8 Å². The van der Waals surface area contributed by atoms with Gasteiger partial charge in [0.1, 0.15) is 18.2 Å². The minimum Gasteiger partial charge on any atom is -0.487 e. The van der Waals surface area contributed by atoms with E-state index in [1.165, 1.54) is 10.6 Å². The van der Waals surface area contributed by atoms with Crippen molar-refractivity contribution in [2.45, 2.75) is 6.61 Å². The number of aromatic nitrogens is 3. The molecule has 4 rings (SSSR count). The summed E-state index contributed by atoms with van der Waals surface area (Å²) >= 11 is 5.84.